The van der Waals surface area contributed by atoms with E-state index in [2.05, 4.69) is 5.32 Å². The number of hydrogen-bond donors (Lipinski definition) is 1. The molecule has 0 fully saturated rings. The summed E-state index contributed by atoms with van der Waals surface area (Å²) in [6.45, 7) is 3.97. The van der Waals surface area contributed by atoms with E-state index in [4.69, 9.17) is 4.74 Å². The van der Waals surface area contributed by atoms with Gasteiger partial charge in [0.1, 0.15) is 5.75 Å². The Bertz CT molecular complexity index is 675. The molecule has 0 spiro atoms. The predicted molar refractivity (Wildman–Crippen MR) is 86.6 cm³/mol. The molecule has 0 saturated heterocycles. The van der Waals surface area contributed by atoms with E-state index >= 15 is 0 Å². The van der Waals surface area contributed by atoms with Crippen LogP contribution in [0.5, 0.6) is 5.75 Å². The topological polar surface area (TPSA) is 38.3 Å². The molecule has 0 aliphatic heterocycles. The van der Waals surface area contributed by atoms with Gasteiger partial charge in [-0.2, -0.15) is 0 Å². The van der Waals surface area contributed by atoms with Crippen molar-refractivity contribution in [3.8, 4) is 5.75 Å². The Morgan fingerprint density at radius 3 is 2.71 bits per heavy atom. The van der Waals surface area contributed by atoms with Crippen molar-refractivity contribution in [1.29, 1.82) is 0 Å². The Balaban J connectivity index is 2.07. The standard InChI is InChI=1S/C18H19NO2/c1-13-7-8-14(2)17(11-13)19-18(20)10-9-15-5-4-6-16(12-15)21-3/h4-12H,1-3H3,(H,19,20)/b10-9+. The molecule has 2 rings (SSSR count). The summed E-state index contributed by atoms with van der Waals surface area (Å²) in [5, 5.41) is 2.89. The molecule has 0 aliphatic carbocycles. The van der Waals surface area contributed by atoms with Crippen LogP contribution in [-0.4, -0.2) is 13.0 Å². The van der Waals surface area contributed by atoms with E-state index in [0.29, 0.717) is 0 Å². The summed E-state index contributed by atoms with van der Waals surface area (Å²) in [5.74, 6) is 0.624. The molecule has 108 valence electrons. The molecular weight excluding hydrogens is 262 g/mol. The zero-order chi connectivity index (χ0) is 15.2. The van der Waals surface area contributed by atoms with E-state index in [1.165, 1.54) is 6.08 Å². The number of ether oxygens (including phenoxy) is 1. The van der Waals surface area contributed by atoms with E-state index in [1.54, 1.807) is 13.2 Å². The Morgan fingerprint density at radius 1 is 1.14 bits per heavy atom. The monoisotopic (exact) mass is 281 g/mol. The summed E-state index contributed by atoms with van der Waals surface area (Å²) in [6, 6.07) is 13.5. The minimum absolute atomic E-state index is 0.147. The number of carbonyl (C=O) groups is 1. The number of hydrogen-bond acceptors (Lipinski definition) is 2. The van der Waals surface area contributed by atoms with Gasteiger partial charge in [-0.1, -0.05) is 24.3 Å². The second kappa shape index (κ2) is 6.75. The van der Waals surface area contributed by atoms with Crippen molar-refractivity contribution in [3.63, 3.8) is 0 Å². The van der Waals surface area contributed by atoms with E-state index < -0.39 is 0 Å². The number of nitrogens with one attached hydrogen (secondary N) is 1. The van der Waals surface area contributed by atoms with Crippen molar-refractivity contribution < 1.29 is 9.53 Å². The first-order valence-corrected chi connectivity index (χ1v) is 6.79. The van der Waals surface area contributed by atoms with E-state index in [1.807, 2.05) is 56.3 Å². The highest BCUT2D eigenvalue weighted by Crippen LogP contribution is 2.17. The van der Waals surface area contributed by atoms with E-state index in [0.717, 1.165) is 28.1 Å². The average molecular weight is 281 g/mol. The SMILES string of the molecule is COc1cccc(/C=C/C(=O)Nc2cc(C)ccc2C)c1. The summed E-state index contributed by atoms with van der Waals surface area (Å²) in [7, 11) is 1.62. The molecule has 2 aromatic rings. The Morgan fingerprint density at radius 2 is 1.95 bits per heavy atom. The summed E-state index contributed by atoms with van der Waals surface area (Å²) in [6.07, 6.45) is 3.29. The van der Waals surface area contributed by atoms with Crippen LogP contribution in [0.25, 0.3) is 6.08 Å². The van der Waals surface area contributed by atoms with Crippen molar-refractivity contribution >= 4 is 17.7 Å². The molecule has 1 amide bonds. The minimum Gasteiger partial charge on any atom is -0.497 e. The summed E-state index contributed by atoms with van der Waals surface area (Å²) in [4.78, 5) is 12.0. The van der Waals surface area contributed by atoms with Gasteiger partial charge in [0.05, 0.1) is 7.11 Å². The van der Waals surface area contributed by atoms with Gasteiger partial charge in [-0.25, -0.2) is 0 Å². The van der Waals surface area contributed by atoms with Crippen LogP contribution in [-0.2, 0) is 4.79 Å². The minimum atomic E-state index is -0.147. The second-order valence-corrected chi connectivity index (χ2v) is 4.92. The second-order valence-electron chi connectivity index (χ2n) is 4.92. The maximum atomic E-state index is 12.0. The van der Waals surface area contributed by atoms with E-state index in [-0.39, 0.29) is 5.91 Å². The highest BCUT2D eigenvalue weighted by atomic mass is 16.5. The predicted octanol–water partition coefficient (Wildman–Crippen LogP) is 3.96. The molecule has 3 nitrogen and oxygen atoms in total. The largest absolute Gasteiger partial charge is 0.497 e. The zero-order valence-electron chi connectivity index (χ0n) is 12.5. The van der Waals surface area contributed by atoms with Gasteiger partial charge in [0.2, 0.25) is 5.91 Å². The maximum absolute atomic E-state index is 12.0. The van der Waals surface area contributed by atoms with Gasteiger partial charge in [-0.15, -0.1) is 0 Å². The van der Waals surface area contributed by atoms with Gasteiger partial charge in [0, 0.05) is 11.8 Å². The van der Waals surface area contributed by atoms with Crippen LogP contribution in [0.3, 0.4) is 0 Å². The molecule has 1 N–H and O–H groups in total. The van der Waals surface area contributed by atoms with E-state index in [9.17, 15) is 4.79 Å². The smallest absolute Gasteiger partial charge is 0.248 e. The molecule has 0 bridgehead atoms. The number of benzene rings is 2. The zero-order valence-corrected chi connectivity index (χ0v) is 12.5. The van der Waals surface area contributed by atoms with Crippen LogP contribution in [0.15, 0.2) is 48.5 Å². The van der Waals surface area contributed by atoms with Crippen LogP contribution >= 0.6 is 0 Å². The number of anilines is 1. The van der Waals surface area contributed by atoms with Crippen LogP contribution < -0.4 is 10.1 Å². The van der Waals surface area contributed by atoms with Crippen molar-refractivity contribution in [2.45, 2.75) is 13.8 Å². The first-order chi connectivity index (χ1) is 10.1. The Kier molecular flexibility index (Phi) is 4.77. The lowest BCUT2D eigenvalue weighted by Crippen LogP contribution is -2.09. The van der Waals surface area contributed by atoms with Crippen LogP contribution in [0.1, 0.15) is 16.7 Å². The number of aryl methyl sites for hydroxylation is 2. The summed E-state index contributed by atoms with van der Waals surface area (Å²) < 4.78 is 5.15. The lowest BCUT2D eigenvalue weighted by atomic mass is 10.1. The maximum Gasteiger partial charge on any atom is 0.248 e. The van der Waals surface area contributed by atoms with Gasteiger partial charge >= 0.3 is 0 Å². The molecule has 0 aliphatic rings. The summed E-state index contributed by atoms with van der Waals surface area (Å²) >= 11 is 0. The lowest BCUT2D eigenvalue weighted by molar-refractivity contribution is -0.111. The third-order valence-corrected chi connectivity index (χ3v) is 3.17. The van der Waals surface area contributed by atoms with Crippen molar-refractivity contribution in [3.05, 3.63) is 65.2 Å². The van der Waals surface area contributed by atoms with Crippen molar-refractivity contribution in [1.82, 2.24) is 0 Å². The molecule has 2 aromatic carbocycles. The fraction of sp³-hybridized carbons (Fsp3) is 0.167. The fourth-order valence-corrected chi connectivity index (χ4v) is 1.96. The van der Waals surface area contributed by atoms with Crippen LogP contribution in [0.4, 0.5) is 5.69 Å². The quantitative estimate of drug-likeness (QED) is 0.861. The molecule has 0 radical (unpaired) electrons. The van der Waals surface area contributed by atoms with Gasteiger partial charge in [0.25, 0.3) is 0 Å². The average Bonchev–Trinajstić information content (AvgIpc) is 2.49. The highest BCUT2D eigenvalue weighted by Gasteiger charge is 2.02. The van der Waals surface area contributed by atoms with Gasteiger partial charge < -0.3 is 10.1 Å². The van der Waals surface area contributed by atoms with Crippen molar-refractivity contribution in [2.24, 2.45) is 0 Å². The molecule has 3 heteroatoms. The highest BCUT2D eigenvalue weighted by molar-refractivity contribution is 6.02. The molecule has 0 saturated carbocycles. The molecular formula is C18H19NO2. The third kappa shape index (κ3) is 4.21. The molecule has 0 aromatic heterocycles. The normalized spacial score (nSPS) is 10.6. The Labute approximate surface area is 125 Å². The van der Waals surface area contributed by atoms with Gasteiger partial charge in [-0.05, 0) is 54.8 Å². The molecule has 0 atom stereocenters. The molecule has 0 heterocycles. The van der Waals surface area contributed by atoms with Gasteiger partial charge in [-0.3, -0.25) is 4.79 Å². The van der Waals surface area contributed by atoms with Crippen LogP contribution in [0, 0.1) is 13.8 Å². The number of carbonyl (C=O) groups excluding carboxylic acids is 1. The number of methoxy groups -OCH3 is 1. The lowest BCUT2D eigenvalue weighted by Gasteiger charge is -2.07. The Hall–Kier alpha value is -2.55. The number of amides is 1. The van der Waals surface area contributed by atoms with Gasteiger partial charge in [0.15, 0.2) is 0 Å². The number of rotatable bonds is 4. The third-order valence-electron chi connectivity index (χ3n) is 3.17. The van der Waals surface area contributed by atoms with Crippen LogP contribution in [0.2, 0.25) is 0 Å². The first-order valence-electron chi connectivity index (χ1n) is 6.79. The first kappa shape index (κ1) is 14.9. The summed E-state index contributed by atoms with van der Waals surface area (Å²) in [5.41, 5.74) is 3.93. The molecule has 21 heavy (non-hydrogen) atoms. The molecule has 0 unspecified atom stereocenters. The fourth-order valence-electron chi connectivity index (χ4n) is 1.96. The van der Waals surface area contributed by atoms with Crippen molar-refractivity contribution in [2.75, 3.05) is 12.4 Å².